The van der Waals surface area contributed by atoms with Gasteiger partial charge in [0.05, 0.1) is 12.6 Å². The van der Waals surface area contributed by atoms with E-state index >= 15 is 0 Å². The first-order valence-corrected chi connectivity index (χ1v) is 13.0. The van der Waals surface area contributed by atoms with E-state index < -0.39 is 6.04 Å². The van der Waals surface area contributed by atoms with Crippen LogP contribution in [0.15, 0.2) is 24.3 Å². The fourth-order valence-corrected chi connectivity index (χ4v) is 5.40. The normalized spacial score (nSPS) is 21.9. The maximum Gasteiger partial charge on any atom is 0.323 e. The van der Waals surface area contributed by atoms with Crippen LogP contribution in [-0.4, -0.2) is 52.7 Å². The van der Waals surface area contributed by atoms with Gasteiger partial charge in [-0.3, -0.25) is 14.3 Å². The number of fused-ring (bicyclic) bond motifs is 1. The molecule has 1 aromatic rings. The highest BCUT2D eigenvalue weighted by Crippen LogP contribution is 2.37. The molecule has 2 aliphatic rings. The van der Waals surface area contributed by atoms with E-state index in [-0.39, 0.29) is 17.9 Å². The van der Waals surface area contributed by atoms with E-state index in [4.69, 9.17) is 4.74 Å². The summed E-state index contributed by atoms with van der Waals surface area (Å²) in [5.74, 6) is 0.551. The fraction of sp³-hybridized carbons (Fsp3) is 0.692. The van der Waals surface area contributed by atoms with Crippen LogP contribution >= 0.6 is 9.39 Å². The molecule has 0 spiro atoms. The Morgan fingerprint density at radius 1 is 1.16 bits per heavy atom. The smallest absolute Gasteiger partial charge is 0.323 e. The minimum absolute atomic E-state index is 0.143. The van der Waals surface area contributed by atoms with Crippen molar-refractivity contribution in [3.05, 3.63) is 35.4 Å². The molecule has 0 aromatic heterocycles. The predicted octanol–water partition coefficient (Wildman–Crippen LogP) is 5.16. The van der Waals surface area contributed by atoms with E-state index in [0.717, 1.165) is 25.8 Å². The monoisotopic (exact) mass is 462 g/mol. The Bertz CT molecular complexity index is 724. The number of carbonyl (C=O) groups excluding carboxylic acids is 2. The first-order chi connectivity index (χ1) is 15.4. The first kappa shape index (κ1) is 26.8. The van der Waals surface area contributed by atoms with Crippen molar-refractivity contribution in [2.45, 2.75) is 97.7 Å². The number of benzene rings is 1. The Morgan fingerprint density at radius 2 is 1.81 bits per heavy atom. The Kier molecular flexibility index (Phi) is 11.1. The highest BCUT2D eigenvalue weighted by molar-refractivity contribution is 7.13. The van der Waals surface area contributed by atoms with Crippen molar-refractivity contribution in [1.29, 1.82) is 0 Å². The molecule has 2 fully saturated rings. The largest absolute Gasteiger partial charge is 0.465 e. The lowest BCUT2D eigenvalue weighted by Gasteiger charge is -2.37. The lowest BCUT2D eigenvalue weighted by atomic mass is 9.85. The summed E-state index contributed by atoms with van der Waals surface area (Å²) in [6, 6.07) is 7.95. The minimum Gasteiger partial charge on any atom is -0.465 e. The van der Waals surface area contributed by atoms with Gasteiger partial charge in [0.15, 0.2) is 0 Å². The molecule has 180 valence electrons. The molecule has 1 aliphatic heterocycles. The van der Waals surface area contributed by atoms with Crippen LogP contribution in [0.1, 0.15) is 77.3 Å². The number of likely N-dealkylation sites (tertiary alicyclic amines) is 1. The summed E-state index contributed by atoms with van der Waals surface area (Å²) in [5.41, 5.74) is 2.41. The van der Waals surface area contributed by atoms with Gasteiger partial charge in [-0.1, -0.05) is 65.9 Å². The van der Waals surface area contributed by atoms with E-state index in [1.54, 1.807) is 0 Å². The van der Waals surface area contributed by atoms with Crippen LogP contribution < -0.4 is 0 Å². The minimum atomic E-state index is -0.458. The topological polar surface area (TPSA) is 49.9 Å². The third-order valence-electron chi connectivity index (χ3n) is 6.84. The summed E-state index contributed by atoms with van der Waals surface area (Å²) in [5, 5.41) is 0. The molecule has 1 aromatic carbocycles. The Labute approximate surface area is 197 Å². The van der Waals surface area contributed by atoms with Gasteiger partial charge < -0.3 is 9.64 Å². The number of nitrogens with zero attached hydrogens (tertiary/aromatic N) is 2. The predicted molar refractivity (Wildman–Crippen MR) is 134 cm³/mol. The van der Waals surface area contributed by atoms with Gasteiger partial charge in [0, 0.05) is 12.6 Å². The highest BCUT2D eigenvalue weighted by Gasteiger charge is 2.41. The van der Waals surface area contributed by atoms with Gasteiger partial charge in [0.1, 0.15) is 6.04 Å². The average Bonchev–Trinajstić information content (AvgIpc) is 3.25. The van der Waals surface area contributed by atoms with Gasteiger partial charge in [-0.15, -0.1) is 0 Å². The number of esters is 1. The number of aryl methyl sites for hydroxylation is 2. The summed E-state index contributed by atoms with van der Waals surface area (Å²) in [7, 11) is 2.65. The quantitative estimate of drug-likeness (QED) is 0.396. The molecule has 1 saturated heterocycles. The number of ether oxygens (including phenoxy) is 1. The van der Waals surface area contributed by atoms with E-state index in [1.165, 1.54) is 30.4 Å². The second kappa shape index (κ2) is 13.3. The Balaban J connectivity index is 0.00000176. The van der Waals surface area contributed by atoms with Crippen molar-refractivity contribution < 1.29 is 14.3 Å². The van der Waals surface area contributed by atoms with E-state index in [0.29, 0.717) is 25.0 Å². The third kappa shape index (κ3) is 6.78. The molecule has 5 unspecified atom stereocenters. The Morgan fingerprint density at radius 3 is 2.47 bits per heavy atom. The van der Waals surface area contributed by atoms with Crippen LogP contribution in [-0.2, 0) is 20.7 Å². The molecule has 5 nitrogen and oxygen atoms in total. The molecule has 6 heteroatoms. The van der Waals surface area contributed by atoms with Crippen LogP contribution in [0.5, 0.6) is 0 Å². The maximum atomic E-state index is 13.4. The molecular formula is C26H43N2O3P. The standard InChI is InChI=1S/C24H37N2O3P.C2H6/c1-4-29-24(28)22(14-13-19-11-9-17(2)10-12-19)26(30)18(3)23(27)25-16-15-20-7-5-6-8-21(20)25;1-2/h9-12,18,20-22H,4-8,13-16,30H2,1-3H3;1-2H3. The molecule has 5 atom stereocenters. The SMILES string of the molecule is CC.CCOC(=O)C(CCc1ccc(C)cc1)N(P)C(C)C(=O)N1CCC2CCCCC21. The number of amides is 1. The fourth-order valence-electron chi connectivity index (χ4n) is 5.00. The van der Waals surface area contributed by atoms with Crippen molar-refractivity contribution in [1.82, 2.24) is 9.57 Å². The highest BCUT2D eigenvalue weighted by atomic mass is 31.0. The summed E-state index contributed by atoms with van der Waals surface area (Å²) in [6.07, 6.45) is 7.38. The summed E-state index contributed by atoms with van der Waals surface area (Å²) >= 11 is 0. The zero-order valence-corrected chi connectivity index (χ0v) is 21.8. The lowest BCUT2D eigenvalue weighted by Crippen LogP contribution is -2.51. The van der Waals surface area contributed by atoms with Crippen LogP contribution in [0, 0.1) is 12.8 Å². The van der Waals surface area contributed by atoms with E-state index in [9.17, 15) is 9.59 Å². The van der Waals surface area contributed by atoms with Gasteiger partial charge in [-0.25, -0.2) is 0 Å². The second-order valence-corrected chi connectivity index (χ2v) is 9.44. The molecule has 0 N–H and O–H groups in total. The molecule has 1 heterocycles. The van der Waals surface area contributed by atoms with E-state index in [1.807, 2.05) is 32.4 Å². The molecular weight excluding hydrogens is 419 g/mol. The number of carbonyl (C=O) groups is 2. The Hall–Kier alpha value is -1.45. The van der Waals surface area contributed by atoms with E-state index in [2.05, 4.69) is 45.5 Å². The maximum absolute atomic E-state index is 13.4. The summed E-state index contributed by atoms with van der Waals surface area (Å²) in [6.45, 7) is 11.0. The van der Waals surface area contributed by atoms with Gasteiger partial charge in [0.25, 0.3) is 0 Å². The number of hydrogen-bond donors (Lipinski definition) is 0. The molecule has 0 bridgehead atoms. The third-order valence-corrected chi connectivity index (χ3v) is 7.65. The molecule has 1 amide bonds. The van der Waals surface area contributed by atoms with Crippen LogP contribution in [0.3, 0.4) is 0 Å². The van der Waals surface area contributed by atoms with Crippen molar-refractivity contribution in [3.8, 4) is 0 Å². The lowest BCUT2D eigenvalue weighted by molar-refractivity contribution is -0.149. The molecule has 3 rings (SSSR count). The second-order valence-electron chi connectivity index (χ2n) is 8.85. The molecule has 1 saturated carbocycles. The van der Waals surface area contributed by atoms with Crippen molar-refractivity contribution in [2.24, 2.45) is 5.92 Å². The zero-order valence-electron chi connectivity index (χ0n) is 20.7. The zero-order chi connectivity index (χ0) is 23.7. The molecule has 1 aliphatic carbocycles. The van der Waals surface area contributed by atoms with Gasteiger partial charge in [0.2, 0.25) is 5.91 Å². The van der Waals surface area contributed by atoms with Gasteiger partial charge >= 0.3 is 5.97 Å². The number of rotatable bonds is 8. The van der Waals surface area contributed by atoms with Crippen LogP contribution in [0.25, 0.3) is 0 Å². The van der Waals surface area contributed by atoms with Crippen LogP contribution in [0.4, 0.5) is 0 Å². The average molecular weight is 463 g/mol. The van der Waals surface area contributed by atoms with Crippen molar-refractivity contribution in [3.63, 3.8) is 0 Å². The molecule has 0 radical (unpaired) electrons. The van der Waals surface area contributed by atoms with Crippen molar-refractivity contribution in [2.75, 3.05) is 13.2 Å². The van der Waals surface area contributed by atoms with Gasteiger partial charge in [-0.2, -0.15) is 0 Å². The molecule has 32 heavy (non-hydrogen) atoms. The van der Waals surface area contributed by atoms with Gasteiger partial charge in [-0.05, 0) is 64.4 Å². The number of hydrogen-bond acceptors (Lipinski definition) is 4. The van der Waals surface area contributed by atoms with Crippen LogP contribution in [0.2, 0.25) is 0 Å². The van der Waals surface area contributed by atoms with Crippen molar-refractivity contribution >= 4 is 21.3 Å². The summed E-state index contributed by atoms with van der Waals surface area (Å²) < 4.78 is 7.21. The summed E-state index contributed by atoms with van der Waals surface area (Å²) in [4.78, 5) is 28.2. The first-order valence-electron chi connectivity index (χ1n) is 12.5.